The van der Waals surface area contributed by atoms with E-state index in [1.54, 1.807) is 19.1 Å². The molecule has 0 bridgehead atoms. The number of benzene rings is 3. The van der Waals surface area contributed by atoms with Crippen molar-refractivity contribution in [2.24, 2.45) is 11.3 Å². The number of nitrogens with zero attached hydrogens (tertiary/aromatic N) is 4. The number of aliphatic hydroxyl groups is 1. The third kappa shape index (κ3) is 9.13. The SMILES string of the molecule is CCc1nc2[nH]cc(F)c2cc1Oc1cc(N2CCC3(CC2)CC(N2CCC[C@H]2c2ccccc2C(C)C)C3)ccc1C(=O)NS(=O)(=O)c1cc2c(c([N+](=O)[O-])c1)N[C@@H]([C@H]1CC[C@](C)(O)CC1)CO2. The van der Waals surface area contributed by atoms with E-state index >= 15 is 0 Å². The molecular formula is C52H62FN7O8S. The second-order valence-corrected chi connectivity index (χ2v) is 22.4. The average molecular weight is 964 g/mol. The highest BCUT2D eigenvalue weighted by molar-refractivity contribution is 7.90. The number of aromatic amines is 1. The molecule has 1 spiro atoms. The Hall–Kier alpha value is -5.78. The van der Waals surface area contributed by atoms with Crippen LogP contribution in [-0.4, -0.2) is 83.1 Å². The molecule has 69 heavy (non-hydrogen) atoms. The summed E-state index contributed by atoms with van der Waals surface area (Å²) in [6.07, 6.45) is 10.9. The Bertz CT molecular complexity index is 2900. The van der Waals surface area contributed by atoms with Gasteiger partial charge in [-0.1, -0.05) is 45.0 Å². The molecule has 2 saturated heterocycles. The van der Waals surface area contributed by atoms with Crippen molar-refractivity contribution in [1.29, 1.82) is 0 Å². The summed E-state index contributed by atoms with van der Waals surface area (Å²) in [5.74, 6) is -0.772. The van der Waals surface area contributed by atoms with Gasteiger partial charge in [-0.3, -0.25) is 19.8 Å². The summed E-state index contributed by atoms with van der Waals surface area (Å²) < 4.78 is 57.6. The van der Waals surface area contributed by atoms with Crippen LogP contribution in [0, 0.1) is 27.3 Å². The number of nitrogens with one attached hydrogen (secondary N) is 3. The number of carbonyl (C=O) groups excluding carboxylic acids is 1. The van der Waals surface area contributed by atoms with E-state index in [1.807, 2.05) is 6.92 Å². The van der Waals surface area contributed by atoms with Crippen LogP contribution < -0.4 is 24.4 Å². The number of likely N-dealkylation sites (tertiary alicyclic amines) is 1. The number of hydrogen-bond donors (Lipinski definition) is 4. The minimum Gasteiger partial charge on any atom is -0.489 e. The van der Waals surface area contributed by atoms with Crippen LogP contribution in [0.15, 0.2) is 71.8 Å². The van der Waals surface area contributed by atoms with Crippen LogP contribution in [0.3, 0.4) is 0 Å². The van der Waals surface area contributed by atoms with Gasteiger partial charge in [0.2, 0.25) is 0 Å². The number of carbonyl (C=O) groups is 1. The number of sulfonamides is 1. The van der Waals surface area contributed by atoms with Crippen molar-refractivity contribution in [1.82, 2.24) is 19.6 Å². The molecule has 5 heterocycles. The molecule has 2 saturated carbocycles. The first-order chi connectivity index (χ1) is 33.0. The average Bonchev–Trinajstić information content (AvgIpc) is 3.96. The fourth-order valence-electron chi connectivity index (χ4n) is 11.9. The lowest BCUT2D eigenvalue weighted by atomic mass is 9.59. The maximum atomic E-state index is 14.9. The lowest BCUT2D eigenvalue weighted by Gasteiger charge is -2.56. The maximum Gasteiger partial charge on any atom is 0.297 e. The van der Waals surface area contributed by atoms with Gasteiger partial charge in [-0.25, -0.2) is 22.5 Å². The minimum atomic E-state index is -4.72. The van der Waals surface area contributed by atoms with E-state index in [0.717, 1.165) is 57.1 Å². The van der Waals surface area contributed by atoms with Gasteiger partial charge in [-0.15, -0.1) is 0 Å². The van der Waals surface area contributed by atoms with Crippen LogP contribution in [0.4, 0.5) is 21.5 Å². The van der Waals surface area contributed by atoms with E-state index in [-0.39, 0.29) is 57.9 Å². The van der Waals surface area contributed by atoms with Crippen LogP contribution >= 0.6 is 0 Å². The van der Waals surface area contributed by atoms with Crippen molar-refractivity contribution >= 4 is 44.0 Å². The maximum absolute atomic E-state index is 14.9. The fourth-order valence-corrected chi connectivity index (χ4v) is 12.9. The second-order valence-electron chi connectivity index (χ2n) is 20.7. The Balaban J connectivity index is 0.883. The molecule has 15 nitrogen and oxygen atoms in total. The number of anilines is 2. The summed E-state index contributed by atoms with van der Waals surface area (Å²) in [6, 6.07) is 18.3. The zero-order chi connectivity index (χ0) is 48.4. The Morgan fingerprint density at radius 2 is 1.80 bits per heavy atom. The fraction of sp³-hybridized carbons (Fsp3) is 0.500. The number of rotatable bonds is 12. The van der Waals surface area contributed by atoms with Gasteiger partial charge in [0.1, 0.15) is 29.6 Å². The smallest absolute Gasteiger partial charge is 0.297 e. The number of amides is 1. The summed E-state index contributed by atoms with van der Waals surface area (Å²) in [7, 11) is -4.72. The summed E-state index contributed by atoms with van der Waals surface area (Å²) in [4.78, 5) is 37.9. The molecule has 3 aromatic carbocycles. The van der Waals surface area contributed by atoms with E-state index in [2.05, 4.69) is 67.9 Å². The number of aromatic nitrogens is 2. The predicted molar refractivity (Wildman–Crippen MR) is 261 cm³/mol. The number of pyridine rings is 1. The minimum absolute atomic E-state index is 0.0233. The lowest BCUT2D eigenvalue weighted by molar-refractivity contribution is -0.384. The van der Waals surface area contributed by atoms with Crippen LogP contribution in [0.5, 0.6) is 17.2 Å². The van der Waals surface area contributed by atoms with E-state index in [0.29, 0.717) is 61.4 Å². The first-order valence-electron chi connectivity index (χ1n) is 24.6. The summed E-state index contributed by atoms with van der Waals surface area (Å²) >= 11 is 0. The monoisotopic (exact) mass is 963 g/mol. The topological polar surface area (TPSA) is 192 Å². The molecule has 2 atom stereocenters. The molecule has 5 aromatic rings. The molecule has 1 amide bonds. The van der Waals surface area contributed by atoms with E-state index in [1.165, 1.54) is 48.4 Å². The number of fused-ring (bicyclic) bond motifs is 2. The van der Waals surface area contributed by atoms with Gasteiger partial charge < -0.3 is 29.8 Å². The molecule has 3 aliphatic heterocycles. The number of nitro groups is 1. The first-order valence-corrected chi connectivity index (χ1v) is 26.1. The van der Waals surface area contributed by atoms with Crippen molar-refractivity contribution < 1.29 is 37.1 Å². The Labute approximate surface area is 402 Å². The first kappa shape index (κ1) is 46.9. The van der Waals surface area contributed by atoms with Gasteiger partial charge in [-0.05, 0) is 131 Å². The van der Waals surface area contributed by atoms with Crippen molar-refractivity contribution in [2.75, 3.05) is 36.5 Å². The van der Waals surface area contributed by atoms with E-state index in [4.69, 9.17) is 9.47 Å². The number of piperidine rings is 1. The normalized spacial score (nSPS) is 23.9. The van der Waals surface area contributed by atoms with E-state index < -0.39 is 42.9 Å². The summed E-state index contributed by atoms with van der Waals surface area (Å²) in [5.41, 5.74) is 3.46. The molecule has 366 valence electrons. The van der Waals surface area contributed by atoms with Crippen molar-refractivity contribution in [3.8, 4) is 17.2 Å². The quantitative estimate of drug-likeness (QED) is 0.0685. The molecule has 0 radical (unpaired) electrons. The largest absolute Gasteiger partial charge is 0.489 e. The van der Waals surface area contributed by atoms with Gasteiger partial charge in [-0.2, -0.15) is 0 Å². The lowest BCUT2D eigenvalue weighted by Crippen LogP contribution is -2.54. The Morgan fingerprint density at radius 1 is 1.04 bits per heavy atom. The van der Waals surface area contributed by atoms with Crippen LogP contribution in [-0.2, 0) is 16.4 Å². The molecular weight excluding hydrogens is 902 g/mol. The molecule has 5 aliphatic rings. The molecule has 2 aliphatic carbocycles. The highest BCUT2D eigenvalue weighted by atomic mass is 32.2. The number of aryl methyl sites for hydroxylation is 1. The Morgan fingerprint density at radius 3 is 2.52 bits per heavy atom. The molecule has 4 N–H and O–H groups in total. The number of halogens is 1. The highest BCUT2D eigenvalue weighted by Gasteiger charge is 2.50. The van der Waals surface area contributed by atoms with E-state index in [9.17, 15) is 32.8 Å². The number of ether oxygens (including phenoxy) is 2. The van der Waals surface area contributed by atoms with Crippen molar-refractivity contribution in [2.45, 2.75) is 133 Å². The predicted octanol–water partition coefficient (Wildman–Crippen LogP) is 9.91. The standard InChI is InChI=1S/C52H62FN7O8S/c1-5-41-46(26-39-40(53)29-54-49(39)56-41)68-45-23-33(58-21-18-52(19-22-58)27-34(28-52)59-20-8-11-43(59)37-10-7-6-9-36(37)31(2)3)12-13-38(45)50(61)57-69(65,66)35-24-44(60(63)64)48-47(25-35)67-30-42(55-48)32-14-16-51(4,62)17-15-32/h6-7,9-10,12-13,23-26,29,31-32,34,42-43,55,62H,5,8,11,14-22,27-28,30H2,1-4H3,(H,54,56)(H,57,61)/t32-,42-,43+,51-/m1/s1. The van der Waals surface area contributed by atoms with Gasteiger partial charge in [0.25, 0.3) is 21.6 Å². The third-order valence-electron chi connectivity index (χ3n) is 15.9. The third-order valence-corrected chi connectivity index (χ3v) is 17.2. The van der Waals surface area contributed by atoms with Crippen LogP contribution in [0.25, 0.3) is 11.0 Å². The van der Waals surface area contributed by atoms with Gasteiger partial charge in [0, 0.05) is 55.3 Å². The molecule has 2 aromatic heterocycles. The number of hydrogen-bond acceptors (Lipinski definition) is 12. The summed E-state index contributed by atoms with van der Waals surface area (Å²) in [5, 5.41) is 26.3. The van der Waals surface area contributed by atoms with Crippen molar-refractivity contribution in [3.05, 3.63) is 105 Å². The molecule has 10 rings (SSSR count). The Kier molecular flexibility index (Phi) is 12.4. The van der Waals surface area contributed by atoms with Gasteiger partial charge >= 0.3 is 0 Å². The number of H-pyrrole nitrogens is 1. The van der Waals surface area contributed by atoms with Gasteiger partial charge in [0.05, 0.1) is 38.1 Å². The van der Waals surface area contributed by atoms with Gasteiger partial charge in [0.15, 0.2) is 11.4 Å². The zero-order valence-corrected chi connectivity index (χ0v) is 40.5. The zero-order valence-electron chi connectivity index (χ0n) is 39.7. The number of nitro benzene ring substituents is 1. The molecule has 4 fully saturated rings. The van der Waals surface area contributed by atoms with Crippen molar-refractivity contribution in [3.63, 3.8) is 0 Å². The summed E-state index contributed by atoms with van der Waals surface area (Å²) in [6.45, 7) is 11.1. The second kappa shape index (κ2) is 18.2. The molecule has 0 unspecified atom stereocenters. The molecule has 17 heteroatoms. The highest BCUT2D eigenvalue weighted by Crippen LogP contribution is 2.54. The van der Waals surface area contributed by atoms with Crippen LogP contribution in [0.1, 0.15) is 131 Å². The van der Waals surface area contributed by atoms with Crippen LogP contribution in [0.2, 0.25) is 0 Å².